The normalized spacial score (nSPS) is 17.2. The van der Waals surface area contributed by atoms with Crippen LogP contribution in [0.25, 0.3) is 0 Å². The van der Waals surface area contributed by atoms with Crippen molar-refractivity contribution in [1.82, 2.24) is 0 Å². The van der Waals surface area contributed by atoms with Crippen molar-refractivity contribution in [2.75, 3.05) is 56.9 Å². The van der Waals surface area contributed by atoms with E-state index in [1.807, 2.05) is 0 Å². The van der Waals surface area contributed by atoms with E-state index in [0.717, 1.165) is 0 Å². The van der Waals surface area contributed by atoms with Crippen molar-refractivity contribution in [3.63, 3.8) is 0 Å². The average molecular weight is 585 g/mol. The summed E-state index contributed by atoms with van der Waals surface area (Å²) in [5.74, 6) is 2.80. The SMILES string of the molecule is COc1cc(OC)c([C@H]2c3c(OC)cc(OC)cc3O[C@H](c3cc(OC)c(OC)c(OC)c3)[C@H]2OC(C)=O)c(OC)c1. The van der Waals surface area contributed by atoms with Crippen molar-refractivity contribution < 1.29 is 52.2 Å². The molecule has 3 aromatic rings. The third-order valence-electron chi connectivity index (χ3n) is 7.11. The molecule has 0 unspecified atom stereocenters. The quantitative estimate of drug-likeness (QED) is 0.286. The molecule has 1 aliphatic rings. The second-order valence-electron chi connectivity index (χ2n) is 9.24. The lowest BCUT2D eigenvalue weighted by atomic mass is 9.78. The molecule has 11 nitrogen and oxygen atoms in total. The lowest BCUT2D eigenvalue weighted by Gasteiger charge is -2.41. The molecule has 0 aliphatic carbocycles. The first kappa shape index (κ1) is 30.3. The second-order valence-corrected chi connectivity index (χ2v) is 9.24. The predicted octanol–water partition coefficient (Wildman–Crippen LogP) is 4.95. The zero-order valence-electron chi connectivity index (χ0n) is 25.2. The first-order valence-corrected chi connectivity index (χ1v) is 13.0. The van der Waals surface area contributed by atoms with Crippen molar-refractivity contribution in [3.05, 3.63) is 53.1 Å². The summed E-state index contributed by atoms with van der Waals surface area (Å²) in [5.41, 5.74) is 1.80. The number of hydrogen-bond donors (Lipinski definition) is 0. The lowest BCUT2D eigenvalue weighted by Crippen LogP contribution is -2.39. The van der Waals surface area contributed by atoms with Crippen LogP contribution in [-0.4, -0.2) is 69.0 Å². The number of benzene rings is 3. The Labute approximate surface area is 245 Å². The Kier molecular flexibility index (Phi) is 9.29. The summed E-state index contributed by atoms with van der Waals surface area (Å²) < 4.78 is 58.1. The van der Waals surface area contributed by atoms with Crippen LogP contribution in [0.2, 0.25) is 0 Å². The molecule has 226 valence electrons. The van der Waals surface area contributed by atoms with Gasteiger partial charge in [-0.05, 0) is 12.1 Å². The minimum atomic E-state index is -0.948. The number of esters is 1. The highest BCUT2D eigenvalue weighted by Gasteiger charge is 2.47. The van der Waals surface area contributed by atoms with Gasteiger partial charge in [-0.1, -0.05) is 0 Å². The molecule has 0 bridgehead atoms. The molecule has 1 heterocycles. The van der Waals surface area contributed by atoms with Gasteiger partial charge < -0.3 is 47.4 Å². The monoisotopic (exact) mass is 584 g/mol. The third kappa shape index (κ3) is 5.46. The van der Waals surface area contributed by atoms with Gasteiger partial charge in [-0.15, -0.1) is 0 Å². The van der Waals surface area contributed by atoms with Crippen LogP contribution in [0, 0.1) is 0 Å². The number of fused-ring (bicyclic) bond motifs is 1. The molecule has 1 aliphatic heterocycles. The van der Waals surface area contributed by atoms with E-state index in [1.165, 1.54) is 28.3 Å². The third-order valence-corrected chi connectivity index (χ3v) is 7.11. The van der Waals surface area contributed by atoms with Crippen LogP contribution in [0.4, 0.5) is 0 Å². The Hall–Kier alpha value is -4.67. The molecule has 0 spiro atoms. The van der Waals surface area contributed by atoms with Crippen molar-refractivity contribution in [2.24, 2.45) is 0 Å². The predicted molar refractivity (Wildman–Crippen MR) is 153 cm³/mol. The zero-order chi connectivity index (χ0) is 30.6. The van der Waals surface area contributed by atoms with Gasteiger partial charge >= 0.3 is 5.97 Å². The Morgan fingerprint density at radius 3 is 1.50 bits per heavy atom. The maximum atomic E-state index is 12.7. The summed E-state index contributed by atoms with van der Waals surface area (Å²) in [6.45, 7) is 1.34. The number of ether oxygens (including phenoxy) is 10. The molecule has 4 rings (SSSR count). The molecule has 42 heavy (non-hydrogen) atoms. The molecule has 0 N–H and O–H groups in total. The minimum Gasteiger partial charge on any atom is -0.496 e. The largest absolute Gasteiger partial charge is 0.496 e. The number of rotatable bonds is 11. The molecule has 0 amide bonds. The molecular formula is C31H36O11. The summed E-state index contributed by atoms with van der Waals surface area (Å²) in [5, 5.41) is 0. The Morgan fingerprint density at radius 1 is 0.595 bits per heavy atom. The fourth-order valence-corrected chi connectivity index (χ4v) is 5.30. The van der Waals surface area contributed by atoms with E-state index in [4.69, 9.17) is 47.4 Å². The van der Waals surface area contributed by atoms with Crippen LogP contribution in [0.1, 0.15) is 35.6 Å². The number of carbonyl (C=O) groups is 1. The van der Waals surface area contributed by atoms with Gasteiger partial charge in [0.05, 0.1) is 62.8 Å². The van der Waals surface area contributed by atoms with Crippen molar-refractivity contribution >= 4 is 5.97 Å². The van der Waals surface area contributed by atoms with Gasteiger partial charge in [-0.25, -0.2) is 0 Å². The van der Waals surface area contributed by atoms with Crippen LogP contribution in [0.5, 0.6) is 51.7 Å². The lowest BCUT2D eigenvalue weighted by molar-refractivity contribution is -0.153. The molecule has 11 heteroatoms. The zero-order valence-corrected chi connectivity index (χ0v) is 25.2. The van der Waals surface area contributed by atoms with Crippen molar-refractivity contribution in [1.29, 1.82) is 0 Å². The minimum absolute atomic E-state index is 0.405. The van der Waals surface area contributed by atoms with Crippen LogP contribution < -0.4 is 42.6 Å². The number of carbonyl (C=O) groups excluding carboxylic acids is 1. The number of methoxy groups -OCH3 is 8. The summed E-state index contributed by atoms with van der Waals surface area (Å²) >= 11 is 0. The van der Waals surface area contributed by atoms with Crippen LogP contribution in [-0.2, 0) is 9.53 Å². The Bertz CT molecular complexity index is 1380. The van der Waals surface area contributed by atoms with Crippen molar-refractivity contribution in [3.8, 4) is 51.7 Å². The van der Waals surface area contributed by atoms with E-state index in [0.29, 0.717) is 68.4 Å². The molecule has 0 saturated heterocycles. The summed E-state index contributed by atoms with van der Waals surface area (Å²) in [4.78, 5) is 12.7. The van der Waals surface area contributed by atoms with Crippen LogP contribution >= 0.6 is 0 Å². The van der Waals surface area contributed by atoms with Crippen LogP contribution in [0.15, 0.2) is 36.4 Å². The first-order valence-electron chi connectivity index (χ1n) is 13.0. The van der Waals surface area contributed by atoms with Crippen LogP contribution in [0.3, 0.4) is 0 Å². The maximum absolute atomic E-state index is 12.7. The number of hydrogen-bond acceptors (Lipinski definition) is 11. The summed E-state index contributed by atoms with van der Waals surface area (Å²) in [6, 6.07) is 10.5. The second kappa shape index (κ2) is 12.9. The molecule has 0 fully saturated rings. The van der Waals surface area contributed by atoms with E-state index in [-0.39, 0.29) is 0 Å². The summed E-state index contributed by atoms with van der Waals surface area (Å²) in [6.07, 6.45) is -1.82. The highest BCUT2D eigenvalue weighted by Crippen LogP contribution is 2.56. The molecular weight excluding hydrogens is 548 g/mol. The topological polar surface area (TPSA) is 109 Å². The van der Waals surface area contributed by atoms with E-state index >= 15 is 0 Å². The van der Waals surface area contributed by atoms with E-state index in [2.05, 4.69) is 0 Å². The molecule has 0 radical (unpaired) electrons. The molecule has 0 saturated carbocycles. The van der Waals surface area contributed by atoms with E-state index < -0.39 is 24.1 Å². The maximum Gasteiger partial charge on any atom is 0.303 e. The van der Waals surface area contributed by atoms with Crippen molar-refractivity contribution in [2.45, 2.75) is 25.0 Å². The Balaban J connectivity index is 2.11. The van der Waals surface area contributed by atoms with Gasteiger partial charge in [-0.3, -0.25) is 4.79 Å². The fourth-order valence-electron chi connectivity index (χ4n) is 5.30. The highest BCUT2D eigenvalue weighted by atomic mass is 16.6. The first-order chi connectivity index (χ1) is 20.3. The molecule has 3 aromatic carbocycles. The van der Waals surface area contributed by atoms with Gasteiger partial charge in [-0.2, -0.15) is 0 Å². The van der Waals surface area contributed by atoms with Gasteiger partial charge in [0.25, 0.3) is 0 Å². The fraction of sp³-hybridized carbons (Fsp3) is 0.387. The smallest absolute Gasteiger partial charge is 0.303 e. The van der Waals surface area contributed by atoms with E-state index in [9.17, 15) is 4.79 Å². The Morgan fingerprint density at radius 2 is 1.07 bits per heavy atom. The van der Waals surface area contributed by atoms with Gasteiger partial charge in [0.15, 0.2) is 23.7 Å². The summed E-state index contributed by atoms with van der Waals surface area (Å²) in [7, 11) is 12.3. The average Bonchev–Trinajstić information content (AvgIpc) is 3.02. The van der Waals surface area contributed by atoms with Gasteiger partial charge in [0.1, 0.15) is 34.5 Å². The highest BCUT2D eigenvalue weighted by molar-refractivity contribution is 5.69. The van der Waals surface area contributed by atoms with Gasteiger partial charge in [0.2, 0.25) is 5.75 Å². The van der Waals surface area contributed by atoms with Gasteiger partial charge in [0, 0.05) is 47.9 Å². The molecule has 0 aromatic heterocycles. The molecule has 3 atom stereocenters. The standard InChI is InChI=1S/C31H36O11/c1-16(32)41-31-28(26-20(35-4)12-18(33-2)13-21(26)36-5)27-22(37-6)14-19(34-3)15-23(27)42-29(31)17-10-24(38-7)30(40-9)25(11-17)39-8/h10-15,28-29,31H,1-9H3/t28-,29+,31-/m0/s1. The van der Waals surface area contributed by atoms with E-state index in [1.54, 1.807) is 71.9 Å².